The van der Waals surface area contributed by atoms with Crippen LogP contribution in [0.3, 0.4) is 0 Å². The molecule has 4 heteroatoms. The topological polar surface area (TPSA) is 10.9 Å². The SMILES string of the molecule is CC1(C)CCC(C)(C)c2cc(N3c4cc5c(cc4B4c6cc7c(cc6N(c6ccc8c(c6)C(C)(C)CCC8(C)C)c6cc(-c8ccc9c(c8)c8cccc%10c%11ccccc%11n9c%108)cc3c64)C(C)(C)CCC7(C)C)C(C)(C)CCC5(C)C)ccc21. The Labute approximate surface area is 501 Å². The molecule has 84 heavy (non-hydrogen) atoms. The van der Waals surface area contributed by atoms with Gasteiger partial charge in [0, 0.05) is 55.7 Å². The first-order valence-corrected chi connectivity index (χ1v) is 32.2. The molecule has 424 valence electrons. The lowest BCUT2D eigenvalue weighted by molar-refractivity contribution is 0.332. The normalized spacial score (nSPS) is 21.2. The predicted octanol–water partition coefficient (Wildman–Crippen LogP) is 20.0. The molecule has 6 aliphatic rings. The van der Waals surface area contributed by atoms with Crippen LogP contribution in [0.15, 0.2) is 133 Å². The summed E-state index contributed by atoms with van der Waals surface area (Å²) in [6.07, 6.45) is 9.38. The largest absolute Gasteiger partial charge is 0.311 e. The van der Waals surface area contributed by atoms with E-state index in [1.54, 1.807) is 0 Å². The number of benzene rings is 8. The first-order valence-electron chi connectivity index (χ1n) is 32.2. The summed E-state index contributed by atoms with van der Waals surface area (Å²) < 4.78 is 2.53. The van der Waals surface area contributed by atoms with E-state index in [1.165, 1.54) is 183 Å². The Morgan fingerprint density at radius 2 is 0.679 bits per heavy atom. The van der Waals surface area contributed by atoms with Crippen molar-refractivity contribution in [1.29, 1.82) is 0 Å². The molecule has 0 amide bonds. The van der Waals surface area contributed by atoms with Crippen LogP contribution in [0.2, 0.25) is 0 Å². The Bertz CT molecular complexity index is 4330. The highest BCUT2D eigenvalue weighted by Gasteiger charge is 2.50. The second kappa shape index (κ2) is 16.6. The molecule has 10 aromatic rings. The van der Waals surface area contributed by atoms with Gasteiger partial charge in [-0.1, -0.05) is 178 Å². The molecule has 0 atom stereocenters. The fourth-order valence-corrected chi connectivity index (χ4v) is 17.9. The van der Waals surface area contributed by atoms with Gasteiger partial charge in [-0.25, -0.2) is 0 Å². The molecule has 3 nitrogen and oxygen atoms in total. The number of anilines is 6. The quantitative estimate of drug-likeness (QED) is 0.163. The highest BCUT2D eigenvalue weighted by molar-refractivity contribution is 7.00. The van der Waals surface area contributed by atoms with Gasteiger partial charge in [0.25, 0.3) is 6.71 Å². The molecule has 0 unspecified atom stereocenters. The van der Waals surface area contributed by atoms with Gasteiger partial charge in [-0.05, 0) is 233 Å². The average molecular weight is 1100 g/mol. The third-order valence-corrected chi connectivity index (χ3v) is 23.8. The molecule has 4 heterocycles. The van der Waals surface area contributed by atoms with Crippen molar-refractivity contribution in [1.82, 2.24) is 4.40 Å². The zero-order chi connectivity index (χ0) is 58.5. The Kier molecular flexibility index (Phi) is 10.4. The highest BCUT2D eigenvalue weighted by atomic mass is 15.2. The number of rotatable bonds is 3. The van der Waals surface area contributed by atoms with Gasteiger partial charge in [-0.2, -0.15) is 0 Å². The summed E-state index contributed by atoms with van der Waals surface area (Å²) in [7, 11) is 0. The van der Waals surface area contributed by atoms with E-state index >= 15 is 0 Å². The van der Waals surface area contributed by atoms with Gasteiger partial charge in [-0.15, -0.1) is 0 Å². The Morgan fingerprint density at radius 3 is 1.14 bits per heavy atom. The maximum absolute atomic E-state index is 2.78. The molecule has 8 aromatic carbocycles. The molecule has 0 fully saturated rings. The fraction of sp³-hybridized carbons (Fsp3) is 0.400. The third kappa shape index (κ3) is 7.12. The smallest absolute Gasteiger partial charge is 0.252 e. The van der Waals surface area contributed by atoms with Gasteiger partial charge in [-0.3, -0.25) is 0 Å². The van der Waals surface area contributed by atoms with Crippen molar-refractivity contribution >= 4 is 95.3 Å². The van der Waals surface area contributed by atoms with Crippen molar-refractivity contribution in [2.75, 3.05) is 9.80 Å². The van der Waals surface area contributed by atoms with E-state index in [1.807, 2.05) is 0 Å². The van der Waals surface area contributed by atoms with Gasteiger partial charge in [0.05, 0.1) is 16.6 Å². The van der Waals surface area contributed by atoms with Gasteiger partial charge < -0.3 is 14.2 Å². The van der Waals surface area contributed by atoms with Crippen LogP contribution in [0.1, 0.15) is 207 Å². The van der Waals surface area contributed by atoms with E-state index in [4.69, 9.17) is 0 Å². The molecule has 16 rings (SSSR count). The van der Waals surface area contributed by atoms with E-state index in [-0.39, 0.29) is 50.0 Å². The number of hydrogen-bond acceptors (Lipinski definition) is 2. The molecule has 0 N–H and O–H groups in total. The summed E-state index contributed by atoms with van der Waals surface area (Å²) in [6.45, 7) is 40.1. The van der Waals surface area contributed by atoms with E-state index in [2.05, 4.69) is 258 Å². The van der Waals surface area contributed by atoms with Crippen molar-refractivity contribution in [3.05, 3.63) is 178 Å². The van der Waals surface area contributed by atoms with Gasteiger partial charge in [0.2, 0.25) is 0 Å². The molecule has 0 bridgehead atoms. The van der Waals surface area contributed by atoms with E-state index in [0.29, 0.717) is 0 Å². The first kappa shape index (κ1) is 52.8. The van der Waals surface area contributed by atoms with Crippen molar-refractivity contribution in [2.45, 2.75) is 205 Å². The molecule has 2 aliphatic heterocycles. The van der Waals surface area contributed by atoms with Crippen LogP contribution in [0, 0.1) is 0 Å². The number of para-hydroxylation sites is 2. The zero-order valence-electron chi connectivity index (χ0n) is 53.3. The Morgan fingerprint density at radius 1 is 0.298 bits per heavy atom. The van der Waals surface area contributed by atoms with Crippen LogP contribution in [-0.2, 0) is 43.3 Å². The number of hydrogen-bond donors (Lipinski definition) is 0. The Hall–Kier alpha value is -6.78. The maximum atomic E-state index is 2.78. The van der Waals surface area contributed by atoms with Gasteiger partial charge in [0.1, 0.15) is 0 Å². The van der Waals surface area contributed by atoms with Crippen LogP contribution in [-0.4, -0.2) is 11.1 Å². The maximum Gasteiger partial charge on any atom is 0.252 e. The lowest BCUT2D eigenvalue weighted by Gasteiger charge is -2.49. The van der Waals surface area contributed by atoms with Crippen molar-refractivity contribution in [3.63, 3.8) is 0 Å². The van der Waals surface area contributed by atoms with E-state index in [0.717, 1.165) is 12.8 Å². The average Bonchev–Trinajstić information content (AvgIpc) is 0.943. The van der Waals surface area contributed by atoms with Crippen molar-refractivity contribution in [2.24, 2.45) is 0 Å². The summed E-state index contributed by atoms with van der Waals surface area (Å²) in [5.74, 6) is 0. The number of aromatic nitrogens is 1. The summed E-state index contributed by atoms with van der Waals surface area (Å²) in [6, 6.07) is 54.9. The summed E-state index contributed by atoms with van der Waals surface area (Å²) >= 11 is 0. The minimum absolute atomic E-state index is 0.00312. The summed E-state index contributed by atoms with van der Waals surface area (Å²) in [5, 5.41) is 5.26. The van der Waals surface area contributed by atoms with Crippen LogP contribution < -0.4 is 26.2 Å². The molecule has 0 spiro atoms. The summed E-state index contributed by atoms with van der Waals surface area (Å²) in [5.41, 5.74) is 30.9. The van der Waals surface area contributed by atoms with Crippen molar-refractivity contribution < 1.29 is 0 Å². The van der Waals surface area contributed by atoms with Crippen LogP contribution >= 0.6 is 0 Å². The molecule has 2 aromatic heterocycles. The van der Waals surface area contributed by atoms with Gasteiger partial charge >= 0.3 is 0 Å². The van der Waals surface area contributed by atoms with E-state index in [9.17, 15) is 0 Å². The van der Waals surface area contributed by atoms with Crippen molar-refractivity contribution in [3.8, 4) is 11.1 Å². The van der Waals surface area contributed by atoms with Crippen LogP contribution in [0.4, 0.5) is 34.1 Å². The number of fused-ring (bicyclic) bond motifs is 14. The minimum atomic E-state index is -0.00312. The second-order valence-corrected chi connectivity index (χ2v) is 32.8. The fourth-order valence-electron chi connectivity index (χ4n) is 17.9. The number of nitrogens with zero attached hydrogens (tertiary/aromatic N) is 3. The van der Waals surface area contributed by atoms with Gasteiger partial charge in [0.15, 0.2) is 0 Å². The summed E-state index contributed by atoms with van der Waals surface area (Å²) in [4.78, 5) is 5.56. The lowest BCUT2D eigenvalue weighted by atomic mass is 9.32. The molecule has 0 saturated carbocycles. The standard InChI is InChI=1S/C80H86BN3/c1-73(2)30-32-75(5,6)57-41-49(25-27-55(57)73)82-67-45-61-59(77(9,10)34-36-79(61,13)14)43-63(67)81-64-44-60-62(80(15,16)37-35-78(60,11)12)46-68(64)83(50-26-28-56-58(42-50)76(7,8)33-31-74(56,3)4)70-40-48(39-69(82)71(70)81)47-24-29-66-54(38-47)53-22-19-21-52-51-20-17-18-23-65(51)84(66)72(52)53/h17-29,38-46H,30-37H2,1-16H3. The highest BCUT2D eigenvalue weighted by Crippen LogP contribution is 2.56. The first-order chi connectivity index (χ1) is 39.6. The Balaban J connectivity index is 1.06. The molecule has 0 saturated heterocycles. The molecule has 0 radical (unpaired) electrons. The minimum Gasteiger partial charge on any atom is -0.311 e. The lowest BCUT2D eigenvalue weighted by Crippen LogP contribution is -2.62. The third-order valence-electron chi connectivity index (χ3n) is 23.8. The monoisotopic (exact) mass is 1100 g/mol. The molecule has 4 aliphatic carbocycles. The van der Waals surface area contributed by atoms with Crippen LogP contribution in [0.25, 0.3) is 49.2 Å². The zero-order valence-corrected chi connectivity index (χ0v) is 53.3. The molecular weight excluding hydrogens is 1010 g/mol. The van der Waals surface area contributed by atoms with E-state index < -0.39 is 0 Å². The van der Waals surface area contributed by atoms with Crippen LogP contribution in [0.5, 0.6) is 0 Å². The molecular formula is C80H86BN3. The predicted molar refractivity (Wildman–Crippen MR) is 362 cm³/mol. The second-order valence-electron chi connectivity index (χ2n) is 32.8.